The molecule has 2 heterocycles. The van der Waals surface area contributed by atoms with Gasteiger partial charge < -0.3 is 19.7 Å². The van der Waals surface area contributed by atoms with E-state index in [2.05, 4.69) is 6.58 Å². The second-order valence-corrected chi connectivity index (χ2v) is 2.82. The van der Waals surface area contributed by atoms with Gasteiger partial charge in [-0.1, -0.05) is 6.58 Å². The standard InChI is InChI=1S/C7H10O4/c1-3-6-7(11-6)5(9)4(2-8)10-3/h4-9H,1-2H2. The molecule has 2 aliphatic heterocycles. The van der Waals surface area contributed by atoms with Crippen molar-refractivity contribution < 1.29 is 19.7 Å². The molecule has 2 saturated heterocycles. The molecule has 4 atom stereocenters. The summed E-state index contributed by atoms with van der Waals surface area (Å²) >= 11 is 0. The Morgan fingerprint density at radius 1 is 1.55 bits per heavy atom. The molecule has 2 fully saturated rings. The molecule has 0 aromatic heterocycles. The highest BCUT2D eigenvalue weighted by atomic mass is 16.6. The Balaban J connectivity index is 2.08. The Morgan fingerprint density at radius 3 is 2.91 bits per heavy atom. The van der Waals surface area contributed by atoms with Crippen LogP contribution < -0.4 is 0 Å². The third kappa shape index (κ3) is 0.946. The molecule has 2 rings (SSSR count). The van der Waals surface area contributed by atoms with Gasteiger partial charge in [0.1, 0.15) is 30.2 Å². The van der Waals surface area contributed by atoms with Crippen molar-refractivity contribution in [3.05, 3.63) is 12.3 Å². The Kier molecular flexibility index (Phi) is 1.42. The van der Waals surface area contributed by atoms with Gasteiger partial charge in [-0.25, -0.2) is 0 Å². The molecule has 2 aliphatic rings. The summed E-state index contributed by atoms with van der Waals surface area (Å²) < 4.78 is 10.1. The minimum Gasteiger partial charge on any atom is -0.487 e. The van der Waals surface area contributed by atoms with Crippen LogP contribution in [0.4, 0.5) is 0 Å². The van der Waals surface area contributed by atoms with Gasteiger partial charge in [-0.15, -0.1) is 0 Å². The fourth-order valence-electron chi connectivity index (χ4n) is 1.33. The van der Waals surface area contributed by atoms with Crippen molar-refractivity contribution in [1.82, 2.24) is 0 Å². The summed E-state index contributed by atoms with van der Waals surface area (Å²) in [6, 6.07) is 0. The van der Waals surface area contributed by atoms with E-state index < -0.39 is 12.2 Å². The van der Waals surface area contributed by atoms with Crippen LogP contribution in [0.3, 0.4) is 0 Å². The second kappa shape index (κ2) is 2.20. The lowest BCUT2D eigenvalue weighted by molar-refractivity contribution is -0.0521. The predicted octanol–water partition coefficient (Wildman–Crippen LogP) is -0.981. The van der Waals surface area contributed by atoms with E-state index in [1.165, 1.54) is 0 Å². The molecule has 0 radical (unpaired) electrons. The largest absolute Gasteiger partial charge is 0.487 e. The monoisotopic (exact) mass is 158 g/mol. The first kappa shape index (κ1) is 7.09. The van der Waals surface area contributed by atoms with Crippen molar-refractivity contribution >= 4 is 0 Å². The lowest BCUT2D eigenvalue weighted by Crippen LogP contribution is -2.41. The van der Waals surface area contributed by atoms with Gasteiger partial charge in [-0.3, -0.25) is 0 Å². The molecular weight excluding hydrogens is 148 g/mol. The number of fused-ring (bicyclic) bond motifs is 1. The number of hydrogen-bond donors (Lipinski definition) is 2. The Labute approximate surface area is 64.0 Å². The molecule has 62 valence electrons. The summed E-state index contributed by atoms with van der Waals surface area (Å²) in [7, 11) is 0. The van der Waals surface area contributed by atoms with Crippen molar-refractivity contribution in [2.75, 3.05) is 6.61 Å². The van der Waals surface area contributed by atoms with E-state index in [0.29, 0.717) is 5.76 Å². The minimum atomic E-state index is -0.713. The highest BCUT2D eigenvalue weighted by Gasteiger charge is 2.54. The molecule has 0 saturated carbocycles. The molecule has 0 spiro atoms. The number of aliphatic hydroxyl groups is 2. The van der Waals surface area contributed by atoms with Crippen LogP contribution in [0.1, 0.15) is 0 Å². The molecule has 0 aliphatic carbocycles. The molecule has 4 nitrogen and oxygen atoms in total. The highest BCUT2D eigenvalue weighted by Crippen LogP contribution is 2.38. The number of aliphatic hydroxyl groups excluding tert-OH is 2. The minimum absolute atomic E-state index is 0.146. The second-order valence-electron chi connectivity index (χ2n) is 2.82. The summed E-state index contributed by atoms with van der Waals surface area (Å²) in [6.45, 7) is 3.40. The quantitative estimate of drug-likeness (QED) is 0.481. The zero-order chi connectivity index (χ0) is 8.01. The summed E-state index contributed by atoms with van der Waals surface area (Å²) in [5.74, 6) is 0.513. The lowest BCUT2D eigenvalue weighted by Gasteiger charge is -2.25. The van der Waals surface area contributed by atoms with Crippen LogP contribution in [0.2, 0.25) is 0 Å². The van der Waals surface area contributed by atoms with E-state index in [4.69, 9.17) is 14.6 Å². The van der Waals surface area contributed by atoms with Gasteiger partial charge in [0.25, 0.3) is 0 Å². The van der Waals surface area contributed by atoms with E-state index >= 15 is 0 Å². The molecule has 0 aromatic rings. The van der Waals surface area contributed by atoms with E-state index in [-0.39, 0.29) is 18.8 Å². The summed E-state index contributed by atoms with van der Waals surface area (Å²) in [4.78, 5) is 0. The van der Waals surface area contributed by atoms with Crippen LogP contribution >= 0.6 is 0 Å². The number of rotatable bonds is 1. The van der Waals surface area contributed by atoms with Gasteiger partial charge in [-0.05, 0) is 0 Å². The molecule has 2 N–H and O–H groups in total. The Morgan fingerprint density at radius 2 is 2.27 bits per heavy atom. The van der Waals surface area contributed by atoms with Crippen LogP contribution in [0.5, 0.6) is 0 Å². The SMILES string of the molecule is C=C1OC(CO)C(O)C2OC12. The number of epoxide rings is 1. The molecule has 0 bridgehead atoms. The van der Waals surface area contributed by atoms with E-state index in [0.717, 1.165) is 0 Å². The third-order valence-electron chi connectivity index (χ3n) is 2.04. The average molecular weight is 158 g/mol. The summed E-state index contributed by atoms with van der Waals surface area (Å²) in [5, 5.41) is 18.1. The summed E-state index contributed by atoms with van der Waals surface area (Å²) in [6.07, 6.45) is -1.62. The van der Waals surface area contributed by atoms with Crippen LogP contribution in [0.25, 0.3) is 0 Å². The Hall–Kier alpha value is -0.580. The fourth-order valence-corrected chi connectivity index (χ4v) is 1.33. The molecule has 4 unspecified atom stereocenters. The zero-order valence-corrected chi connectivity index (χ0v) is 5.93. The number of hydrogen-bond acceptors (Lipinski definition) is 4. The maximum absolute atomic E-state index is 9.35. The van der Waals surface area contributed by atoms with E-state index in [1.807, 2.05) is 0 Å². The topological polar surface area (TPSA) is 62.2 Å². The van der Waals surface area contributed by atoms with Crippen LogP contribution in [-0.2, 0) is 9.47 Å². The van der Waals surface area contributed by atoms with E-state index in [9.17, 15) is 5.11 Å². The molecular formula is C7H10O4. The van der Waals surface area contributed by atoms with E-state index in [1.54, 1.807) is 0 Å². The number of ether oxygens (including phenoxy) is 2. The van der Waals surface area contributed by atoms with Gasteiger partial charge in [0.2, 0.25) is 0 Å². The van der Waals surface area contributed by atoms with Crippen LogP contribution in [0, 0.1) is 0 Å². The van der Waals surface area contributed by atoms with Crippen molar-refractivity contribution in [2.24, 2.45) is 0 Å². The first-order chi connectivity index (χ1) is 5.24. The van der Waals surface area contributed by atoms with Crippen molar-refractivity contribution in [3.8, 4) is 0 Å². The van der Waals surface area contributed by atoms with Crippen molar-refractivity contribution in [2.45, 2.75) is 24.4 Å². The first-order valence-corrected chi connectivity index (χ1v) is 3.54. The molecule has 0 amide bonds. The van der Waals surface area contributed by atoms with Gasteiger partial charge in [0.15, 0.2) is 0 Å². The normalized spacial score (nSPS) is 48.0. The fraction of sp³-hybridized carbons (Fsp3) is 0.714. The third-order valence-corrected chi connectivity index (χ3v) is 2.04. The van der Waals surface area contributed by atoms with Crippen molar-refractivity contribution in [1.29, 1.82) is 0 Å². The predicted molar refractivity (Wildman–Crippen MR) is 35.8 cm³/mol. The van der Waals surface area contributed by atoms with Gasteiger partial charge in [-0.2, -0.15) is 0 Å². The van der Waals surface area contributed by atoms with Crippen molar-refractivity contribution in [3.63, 3.8) is 0 Å². The van der Waals surface area contributed by atoms with Gasteiger partial charge in [0, 0.05) is 0 Å². The maximum Gasteiger partial charge on any atom is 0.150 e. The van der Waals surface area contributed by atoms with Crippen LogP contribution in [0.15, 0.2) is 12.3 Å². The Bertz CT molecular complexity index is 191. The molecule has 11 heavy (non-hydrogen) atoms. The molecule has 4 heteroatoms. The lowest BCUT2D eigenvalue weighted by atomic mass is 10.1. The zero-order valence-electron chi connectivity index (χ0n) is 5.93. The average Bonchev–Trinajstić information content (AvgIpc) is 2.75. The van der Waals surface area contributed by atoms with Crippen LogP contribution in [-0.4, -0.2) is 41.2 Å². The highest BCUT2D eigenvalue weighted by molar-refractivity contribution is 5.14. The van der Waals surface area contributed by atoms with Gasteiger partial charge in [0.05, 0.1) is 6.61 Å². The summed E-state index contributed by atoms with van der Waals surface area (Å²) in [5.41, 5.74) is 0. The first-order valence-electron chi connectivity index (χ1n) is 3.54. The van der Waals surface area contributed by atoms with Gasteiger partial charge >= 0.3 is 0 Å². The molecule has 0 aromatic carbocycles. The smallest absolute Gasteiger partial charge is 0.150 e. The maximum atomic E-state index is 9.35.